The first kappa shape index (κ1) is 27.6. The van der Waals surface area contributed by atoms with Gasteiger partial charge in [-0.1, -0.05) is 96.1 Å². The fraction of sp³-hybridized carbons (Fsp3) is 0.188. The predicted molar refractivity (Wildman–Crippen MR) is 172 cm³/mol. The molecule has 0 aliphatic carbocycles. The van der Waals surface area contributed by atoms with Gasteiger partial charge < -0.3 is 9.31 Å². The summed E-state index contributed by atoms with van der Waals surface area (Å²) >= 11 is 0. The largest absolute Gasteiger partial charge is 0.576 e. The fourth-order valence-corrected chi connectivity index (χ4v) is 4.80. The Hall–Kier alpha value is -4.53. The van der Waals surface area contributed by atoms with Crippen LogP contribution in [0.15, 0.2) is 119 Å². The third-order valence-corrected chi connectivity index (χ3v) is 7.16. The van der Waals surface area contributed by atoms with E-state index in [1.54, 1.807) is 0 Å². The van der Waals surface area contributed by atoms with Gasteiger partial charge in [-0.25, -0.2) is 0 Å². The van der Waals surface area contributed by atoms with Crippen LogP contribution in [-0.4, -0.2) is 39.3 Å². The van der Waals surface area contributed by atoms with Crippen molar-refractivity contribution in [3.05, 3.63) is 131 Å². The first-order valence-corrected chi connectivity index (χ1v) is 14.4. The molecule has 10 heteroatoms. The number of ether oxygens (including phenoxy) is 1. The number of aryl methyl sites for hydroxylation is 2. The highest BCUT2D eigenvalue weighted by Crippen LogP contribution is 2.24. The van der Waals surface area contributed by atoms with E-state index in [-0.39, 0.29) is 0 Å². The second-order valence-electron chi connectivity index (χ2n) is 10.4. The molecule has 7 rings (SSSR count). The van der Waals surface area contributed by atoms with Crippen molar-refractivity contribution in [3.8, 4) is 0 Å². The topological polar surface area (TPSA) is 73.7 Å². The molecule has 1 fully saturated rings. The molecule has 42 heavy (non-hydrogen) atoms. The number of anilines is 2. The van der Waals surface area contributed by atoms with E-state index in [2.05, 4.69) is 73.2 Å². The molecule has 4 aromatic rings. The zero-order valence-electron chi connectivity index (χ0n) is 24.0. The lowest BCUT2D eigenvalue weighted by molar-refractivity contribution is 0.198. The Morgan fingerprint density at radius 2 is 1.00 bits per heavy atom. The zero-order valence-corrected chi connectivity index (χ0v) is 24.0. The molecule has 0 atom stereocenters. The number of para-hydroxylation sites is 2. The standard InChI is InChI=1S/C28H26B2N6O.C4H8O/c1-21-13-17-23(18-14-21)27-31-29(35(33-27)25-9-5-3-6-10-25)37-30-32-28(24-19-15-22(2)16-20-24)34-36(30)26-11-7-4-8-12-26;1-2-4-5-3-1/h3-20H,1-2H3,(H,31,33)(H,32,34);1-4H2. The van der Waals surface area contributed by atoms with E-state index in [1.807, 2.05) is 70.5 Å². The van der Waals surface area contributed by atoms with Gasteiger partial charge in [0, 0.05) is 35.7 Å². The maximum absolute atomic E-state index is 6.61. The number of hydrazine groups is 2. The summed E-state index contributed by atoms with van der Waals surface area (Å²) in [6.07, 6.45) is 2.56. The van der Waals surface area contributed by atoms with Crippen LogP contribution in [0.2, 0.25) is 0 Å². The lowest BCUT2D eigenvalue weighted by atomic mass is 9.91. The average Bonchev–Trinajstić information content (AvgIpc) is 3.82. The summed E-state index contributed by atoms with van der Waals surface area (Å²) in [5, 5.41) is 0. The second-order valence-corrected chi connectivity index (χ2v) is 10.4. The number of nitrogens with one attached hydrogen (secondary N) is 2. The first-order valence-electron chi connectivity index (χ1n) is 14.4. The minimum atomic E-state index is -0.641. The van der Waals surface area contributed by atoms with Crippen molar-refractivity contribution < 1.29 is 9.31 Å². The molecule has 0 spiro atoms. The van der Waals surface area contributed by atoms with Gasteiger partial charge in [-0.2, -0.15) is 0 Å². The minimum Gasteiger partial charge on any atom is -0.419 e. The molecular formula is C32H34B2N6O2. The number of hydrogen-bond donors (Lipinski definition) is 2. The number of benzene rings is 4. The Bertz CT molecular complexity index is 1400. The van der Waals surface area contributed by atoms with E-state index in [0.29, 0.717) is 0 Å². The van der Waals surface area contributed by atoms with Crippen molar-refractivity contribution in [2.24, 2.45) is 9.81 Å². The summed E-state index contributed by atoms with van der Waals surface area (Å²) in [5.41, 5.74) is 13.1. The Balaban J connectivity index is 0.000000573. The van der Waals surface area contributed by atoms with E-state index in [1.165, 1.54) is 24.0 Å². The SMILES string of the molecule is C1CCOC1.Cc1ccc(C2=NB(OB3N=C(c4ccc(C)cc4)NN3c3ccccc3)N(c3ccccc3)N2)cc1. The smallest absolute Gasteiger partial charge is 0.419 e. The number of rotatable bonds is 6. The van der Waals surface area contributed by atoms with E-state index < -0.39 is 14.4 Å². The van der Waals surface area contributed by atoms with Crippen molar-refractivity contribution in [3.63, 3.8) is 0 Å². The van der Waals surface area contributed by atoms with Gasteiger partial charge in [0.15, 0.2) is 0 Å². The molecule has 0 radical (unpaired) electrons. The Morgan fingerprint density at radius 1 is 0.595 bits per heavy atom. The van der Waals surface area contributed by atoms with Gasteiger partial charge in [-0.05, 0) is 51.0 Å². The van der Waals surface area contributed by atoms with Gasteiger partial charge in [0.05, 0.1) is 0 Å². The molecule has 3 heterocycles. The summed E-state index contributed by atoms with van der Waals surface area (Å²) in [5.74, 6) is 1.49. The van der Waals surface area contributed by atoms with Crippen LogP contribution in [0.1, 0.15) is 35.1 Å². The number of hydrogen-bond acceptors (Lipinski definition) is 8. The highest BCUT2D eigenvalue weighted by atomic mass is 16.5. The molecule has 1 saturated heterocycles. The molecule has 3 aliphatic heterocycles. The van der Waals surface area contributed by atoms with Crippen molar-refractivity contribution >= 4 is 37.4 Å². The fourth-order valence-electron chi connectivity index (χ4n) is 4.80. The van der Waals surface area contributed by atoms with Gasteiger partial charge in [0.25, 0.3) is 0 Å². The van der Waals surface area contributed by atoms with Gasteiger partial charge in [0.1, 0.15) is 11.7 Å². The van der Waals surface area contributed by atoms with Crippen LogP contribution in [0.5, 0.6) is 0 Å². The van der Waals surface area contributed by atoms with Crippen molar-refractivity contribution in [2.75, 3.05) is 23.1 Å². The summed E-state index contributed by atoms with van der Waals surface area (Å²) in [6, 6.07) is 36.7. The first-order chi connectivity index (χ1) is 20.6. The molecule has 0 unspecified atom stereocenters. The molecule has 3 aliphatic rings. The zero-order chi connectivity index (χ0) is 28.7. The predicted octanol–water partition coefficient (Wildman–Crippen LogP) is 5.33. The van der Waals surface area contributed by atoms with E-state index in [4.69, 9.17) is 19.1 Å². The molecule has 0 aromatic heterocycles. The molecule has 2 N–H and O–H groups in total. The molecule has 4 aromatic carbocycles. The van der Waals surface area contributed by atoms with Crippen LogP contribution < -0.4 is 20.7 Å². The quantitative estimate of drug-likeness (QED) is 0.313. The Kier molecular flexibility index (Phi) is 8.53. The summed E-state index contributed by atoms with van der Waals surface area (Å²) in [4.78, 5) is 13.7. The summed E-state index contributed by atoms with van der Waals surface area (Å²) < 4.78 is 11.6. The van der Waals surface area contributed by atoms with Crippen molar-refractivity contribution in [1.29, 1.82) is 0 Å². The average molecular weight is 556 g/mol. The van der Waals surface area contributed by atoms with Crippen LogP contribution in [-0.2, 0) is 9.31 Å². The van der Waals surface area contributed by atoms with Crippen molar-refractivity contribution in [1.82, 2.24) is 10.9 Å². The lowest BCUT2D eigenvalue weighted by Crippen LogP contribution is -2.53. The van der Waals surface area contributed by atoms with Crippen LogP contribution in [0.25, 0.3) is 0 Å². The number of amidine groups is 2. The highest BCUT2D eigenvalue weighted by molar-refractivity contribution is 6.72. The number of nitrogens with zero attached hydrogens (tertiary/aromatic N) is 4. The van der Waals surface area contributed by atoms with Gasteiger partial charge >= 0.3 is 14.4 Å². The monoisotopic (exact) mass is 556 g/mol. The minimum absolute atomic E-state index is 0.641. The van der Waals surface area contributed by atoms with Crippen LogP contribution >= 0.6 is 0 Å². The second kappa shape index (κ2) is 13.0. The highest BCUT2D eigenvalue weighted by Gasteiger charge is 2.44. The van der Waals surface area contributed by atoms with E-state index in [0.717, 1.165) is 47.4 Å². The van der Waals surface area contributed by atoms with E-state index in [9.17, 15) is 0 Å². The van der Waals surface area contributed by atoms with Crippen LogP contribution in [0, 0.1) is 13.8 Å². The van der Waals surface area contributed by atoms with Gasteiger partial charge in [-0.3, -0.25) is 30.5 Å². The van der Waals surface area contributed by atoms with E-state index >= 15 is 0 Å². The Labute approximate surface area is 248 Å². The summed E-state index contributed by atoms with van der Waals surface area (Å²) in [6.45, 7) is 6.15. The van der Waals surface area contributed by atoms with Gasteiger partial charge in [-0.15, -0.1) is 0 Å². The maximum atomic E-state index is 6.61. The summed E-state index contributed by atoms with van der Waals surface area (Å²) in [7, 11) is -1.28. The molecule has 0 saturated carbocycles. The molecule has 210 valence electrons. The molecule has 8 nitrogen and oxygen atoms in total. The third-order valence-electron chi connectivity index (χ3n) is 7.16. The van der Waals surface area contributed by atoms with Crippen LogP contribution in [0.3, 0.4) is 0 Å². The normalized spacial score (nSPS) is 16.0. The van der Waals surface area contributed by atoms with Crippen LogP contribution in [0.4, 0.5) is 11.4 Å². The van der Waals surface area contributed by atoms with Gasteiger partial charge in [0.2, 0.25) is 0 Å². The lowest BCUT2D eigenvalue weighted by Gasteiger charge is -2.27. The molecule has 0 amide bonds. The molecular weight excluding hydrogens is 522 g/mol. The Morgan fingerprint density at radius 3 is 1.36 bits per heavy atom. The van der Waals surface area contributed by atoms with Crippen molar-refractivity contribution in [2.45, 2.75) is 26.7 Å². The maximum Gasteiger partial charge on any atom is 0.576 e. The third kappa shape index (κ3) is 6.51. The molecule has 0 bridgehead atoms.